The molecular weight excluding hydrogens is 579 g/mol. The van der Waals surface area contributed by atoms with E-state index in [0.717, 1.165) is 65.9 Å². The van der Waals surface area contributed by atoms with Crippen LogP contribution in [0.3, 0.4) is 0 Å². The second kappa shape index (κ2) is 15.0. The molecule has 4 rings (SSSR count). The Morgan fingerprint density at radius 3 is 2.44 bits per heavy atom. The van der Waals surface area contributed by atoms with Gasteiger partial charge in [0.2, 0.25) is 15.9 Å². The van der Waals surface area contributed by atoms with Crippen molar-refractivity contribution < 1.29 is 31.1 Å². The molecule has 7 nitrogen and oxygen atoms in total. The van der Waals surface area contributed by atoms with Crippen LogP contribution < -0.4 is 0 Å². The fourth-order valence-electron chi connectivity index (χ4n) is 5.51. The summed E-state index contributed by atoms with van der Waals surface area (Å²) in [4.78, 5) is 15.3. The van der Waals surface area contributed by atoms with Gasteiger partial charge in [0, 0.05) is 44.2 Å². The van der Waals surface area contributed by atoms with Crippen LogP contribution in [0.25, 0.3) is 0 Å². The van der Waals surface area contributed by atoms with Crippen LogP contribution in [0.5, 0.6) is 0 Å². The van der Waals surface area contributed by atoms with Crippen molar-refractivity contribution in [2.24, 2.45) is 0 Å². The van der Waals surface area contributed by atoms with Crippen LogP contribution in [0.1, 0.15) is 62.3 Å². The van der Waals surface area contributed by atoms with Crippen LogP contribution in [-0.4, -0.2) is 60.4 Å². The molecule has 0 atom stereocenters. The molecule has 0 radical (unpaired) electrons. The number of ether oxygens (including phenoxy) is 1. The van der Waals surface area contributed by atoms with Gasteiger partial charge >= 0.3 is 6.18 Å². The van der Waals surface area contributed by atoms with Gasteiger partial charge in [0.15, 0.2) is 0 Å². The van der Waals surface area contributed by atoms with Crippen molar-refractivity contribution >= 4 is 15.9 Å². The molecule has 1 aliphatic carbocycles. The van der Waals surface area contributed by atoms with Crippen molar-refractivity contribution in [3.8, 4) is 0 Å². The number of hydrogen-bond donors (Lipinski definition) is 0. The minimum Gasteiger partial charge on any atom is -0.382 e. The summed E-state index contributed by atoms with van der Waals surface area (Å²) in [5.41, 5.74) is 0.978. The molecule has 1 aromatic heterocycles. The fraction of sp³-hybridized carbons (Fsp3) is 0.469. The van der Waals surface area contributed by atoms with Crippen LogP contribution in [0.4, 0.5) is 13.2 Å². The van der Waals surface area contributed by atoms with E-state index in [1.54, 1.807) is 4.90 Å². The molecule has 1 aliphatic rings. The van der Waals surface area contributed by atoms with Gasteiger partial charge in [0.1, 0.15) is 0 Å². The largest absolute Gasteiger partial charge is 0.416 e. The molecule has 43 heavy (non-hydrogen) atoms. The highest BCUT2D eigenvalue weighted by Crippen LogP contribution is 2.31. The number of benzene rings is 2. The Hall–Kier alpha value is -3.15. The minimum atomic E-state index is -4.70. The monoisotopic (exact) mass is 619 g/mol. The van der Waals surface area contributed by atoms with Crippen LogP contribution in [0.15, 0.2) is 77.8 Å². The summed E-state index contributed by atoms with van der Waals surface area (Å²) < 4.78 is 76.2. The first-order chi connectivity index (χ1) is 20.6. The van der Waals surface area contributed by atoms with E-state index in [-0.39, 0.29) is 25.1 Å². The van der Waals surface area contributed by atoms with Gasteiger partial charge in [0.05, 0.1) is 23.5 Å². The van der Waals surface area contributed by atoms with E-state index in [1.165, 1.54) is 0 Å². The van der Waals surface area contributed by atoms with Crippen LogP contribution in [-0.2, 0) is 38.8 Å². The quantitative estimate of drug-likeness (QED) is 0.198. The van der Waals surface area contributed by atoms with Crippen LogP contribution >= 0.6 is 0 Å². The maximum absolute atomic E-state index is 14.0. The molecule has 2 aromatic carbocycles. The van der Waals surface area contributed by atoms with Gasteiger partial charge in [-0.2, -0.15) is 17.5 Å². The molecular formula is C32H40F3N3O4S. The van der Waals surface area contributed by atoms with Gasteiger partial charge in [0.25, 0.3) is 0 Å². The highest BCUT2D eigenvalue weighted by molar-refractivity contribution is 7.89. The Balaban J connectivity index is 1.61. The first kappa shape index (κ1) is 32.8. The Morgan fingerprint density at radius 2 is 1.74 bits per heavy atom. The van der Waals surface area contributed by atoms with E-state index >= 15 is 0 Å². The van der Waals surface area contributed by atoms with Gasteiger partial charge < -0.3 is 14.2 Å². The molecule has 0 saturated heterocycles. The Labute approximate surface area is 252 Å². The normalized spacial score (nSPS) is 14.7. The molecule has 0 bridgehead atoms. The lowest BCUT2D eigenvalue weighted by Crippen LogP contribution is -2.47. The van der Waals surface area contributed by atoms with Crippen LogP contribution in [0, 0.1) is 0 Å². The Kier molecular flexibility index (Phi) is 11.5. The average Bonchev–Trinajstić information content (AvgIpc) is 3.44. The number of hydrogen-bond acceptors (Lipinski definition) is 4. The van der Waals surface area contributed by atoms with Crippen molar-refractivity contribution in [3.05, 3.63) is 89.7 Å². The number of carbonyl (C=O) groups excluding carboxylic acids is 1. The van der Waals surface area contributed by atoms with Gasteiger partial charge in [-0.05, 0) is 62.1 Å². The molecule has 1 saturated carbocycles. The average molecular weight is 620 g/mol. The predicted octanol–water partition coefficient (Wildman–Crippen LogP) is 6.33. The van der Waals surface area contributed by atoms with Gasteiger partial charge in [-0.1, -0.05) is 55.7 Å². The second-order valence-corrected chi connectivity index (χ2v) is 12.8. The van der Waals surface area contributed by atoms with Crippen LogP contribution in [0.2, 0.25) is 0 Å². The lowest BCUT2D eigenvalue weighted by molar-refractivity contribution is -0.138. The first-order valence-corrected chi connectivity index (χ1v) is 16.3. The molecule has 0 spiro atoms. The number of carbonyl (C=O) groups is 1. The number of rotatable bonds is 14. The molecule has 1 heterocycles. The van der Waals surface area contributed by atoms with E-state index in [4.69, 9.17) is 4.74 Å². The zero-order valence-corrected chi connectivity index (χ0v) is 25.3. The Bertz CT molecular complexity index is 1420. The maximum atomic E-state index is 14.0. The predicted molar refractivity (Wildman–Crippen MR) is 159 cm³/mol. The second-order valence-electron chi connectivity index (χ2n) is 10.8. The van der Waals surface area contributed by atoms with Crippen molar-refractivity contribution in [3.63, 3.8) is 0 Å². The SMILES string of the molecule is CCOCCCN(CC(=O)N(Cc1cccn1Cc1ccccc1)C1CCCCC1)S(=O)(=O)c1cccc(C(F)(F)F)c1. The lowest BCUT2D eigenvalue weighted by atomic mass is 9.94. The summed E-state index contributed by atoms with van der Waals surface area (Å²) in [7, 11) is -4.42. The molecule has 234 valence electrons. The summed E-state index contributed by atoms with van der Waals surface area (Å²) in [6.07, 6.45) is 2.21. The van der Waals surface area contributed by atoms with E-state index in [2.05, 4.69) is 4.57 Å². The number of sulfonamides is 1. The summed E-state index contributed by atoms with van der Waals surface area (Å²) in [6, 6.07) is 17.5. The third kappa shape index (κ3) is 8.93. The molecule has 1 fully saturated rings. The van der Waals surface area contributed by atoms with Crippen molar-refractivity contribution in [1.82, 2.24) is 13.8 Å². The Morgan fingerprint density at radius 1 is 1.00 bits per heavy atom. The molecule has 0 unspecified atom stereocenters. The number of nitrogens with zero attached hydrogens (tertiary/aromatic N) is 3. The van der Waals surface area contributed by atoms with E-state index in [1.807, 2.05) is 55.6 Å². The number of alkyl halides is 3. The van der Waals surface area contributed by atoms with Crippen molar-refractivity contribution in [2.75, 3.05) is 26.3 Å². The van der Waals surface area contributed by atoms with Crippen molar-refractivity contribution in [2.45, 2.75) is 75.7 Å². The topological polar surface area (TPSA) is 71.8 Å². The molecule has 0 N–H and O–H groups in total. The zero-order valence-electron chi connectivity index (χ0n) is 24.5. The van der Waals surface area contributed by atoms with E-state index in [0.29, 0.717) is 32.2 Å². The highest BCUT2D eigenvalue weighted by Gasteiger charge is 2.35. The van der Waals surface area contributed by atoms with Gasteiger partial charge in [-0.3, -0.25) is 4.79 Å². The molecule has 1 amide bonds. The highest BCUT2D eigenvalue weighted by atomic mass is 32.2. The van der Waals surface area contributed by atoms with Gasteiger partial charge in [-0.25, -0.2) is 8.42 Å². The lowest BCUT2D eigenvalue weighted by Gasteiger charge is -2.36. The van der Waals surface area contributed by atoms with Gasteiger partial charge in [-0.15, -0.1) is 0 Å². The summed E-state index contributed by atoms with van der Waals surface area (Å²) in [5, 5.41) is 0. The summed E-state index contributed by atoms with van der Waals surface area (Å²) in [6.45, 7) is 2.92. The third-order valence-corrected chi connectivity index (χ3v) is 9.64. The van der Waals surface area contributed by atoms with E-state index < -0.39 is 33.2 Å². The first-order valence-electron chi connectivity index (χ1n) is 14.8. The standard InChI is InChI=1S/C32H40F3N3O4S/c1-2-42-21-11-20-37(43(40,41)30-18-9-14-27(22-30)32(33,34)35)25-31(39)38(28-15-7-4-8-16-28)24-29-17-10-19-36(29)23-26-12-5-3-6-13-26/h3,5-6,9-10,12-14,17-19,22,28H,2,4,7-8,11,15-16,20-21,23-25H2,1H3. The van der Waals surface area contributed by atoms with E-state index in [9.17, 15) is 26.4 Å². The number of aromatic nitrogens is 1. The summed E-state index contributed by atoms with van der Waals surface area (Å²) >= 11 is 0. The smallest absolute Gasteiger partial charge is 0.382 e. The number of amides is 1. The zero-order chi connectivity index (χ0) is 30.9. The molecule has 3 aromatic rings. The minimum absolute atomic E-state index is 0.0529. The molecule has 11 heteroatoms. The fourth-order valence-corrected chi connectivity index (χ4v) is 6.99. The molecule has 0 aliphatic heterocycles. The maximum Gasteiger partial charge on any atom is 0.416 e. The number of halogens is 3. The van der Waals surface area contributed by atoms with Crippen molar-refractivity contribution in [1.29, 1.82) is 0 Å². The third-order valence-electron chi connectivity index (χ3n) is 7.80. The summed E-state index contributed by atoms with van der Waals surface area (Å²) in [5.74, 6) is -0.369.